The van der Waals surface area contributed by atoms with Crippen LogP contribution in [0.25, 0.3) is 33.4 Å². The second-order valence-corrected chi connectivity index (χ2v) is 32.9. The van der Waals surface area contributed by atoms with Crippen molar-refractivity contribution in [2.75, 3.05) is 34.3 Å². The Labute approximate surface area is 728 Å². The number of para-hydroxylation sites is 12. The lowest BCUT2D eigenvalue weighted by atomic mass is 9.29. The minimum absolute atomic E-state index is 0.291. The van der Waals surface area contributed by atoms with E-state index in [1.807, 2.05) is 0 Å². The van der Waals surface area contributed by atoms with Gasteiger partial charge in [-0.1, -0.05) is 315 Å². The second kappa shape index (κ2) is 29.3. The molecule has 19 aromatic rings. The summed E-state index contributed by atoms with van der Waals surface area (Å²) >= 11 is 0. The molecule has 8 nitrogen and oxygen atoms in total. The number of nitrogens with zero attached hydrogens (tertiary/aromatic N) is 7. The molecule has 0 bridgehead atoms. The summed E-state index contributed by atoms with van der Waals surface area (Å²) < 4.78 is 8.21. The smallest absolute Gasteiger partial charge is 0.256 e. The number of rotatable bonds is 14. The highest BCUT2D eigenvalue weighted by Crippen LogP contribution is 2.56. The lowest BCUT2D eigenvalue weighted by Gasteiger charge is -2.49. The number of hydrogen-bond donors (Lipinski definition) is 0. The average Bonchev–Trinajstić information content (AvgIpc) is 0.671. The normalized spacial score (nSPS) is 13.1. The largest absolute Gasteiger partial charge is 0.459 e. The van der Waals surface area contributed by atoms with Crippen molar-refractivity contribution in [3.63, 3.8) is 0 Å². The topological polar surface area (TPSA) is 31.9 Å². The molecule has 11 heteroatoms. The molecule has 6 heterocycles. The zero-order valence-corrected chi connectivity index (χ0v) is 68.1. The first-order chi connectivity index (χ1) is 62.1. The van der Waals surface area contributed by atoms with Gasteiger partial charge >= 0.3 is 0 Å². The predicted molar refractivity (Wildman–Crippen MR) is 526 cm³/mol. The zero-order chi connectivity index (χ0) is 82.2. The molecule has 0 unspecified atom stereocenters. The summed E-state index contributed by atoms with van der Waals surface area (Å²) in [6.07, 6.45) is 0. The van der Waals surface area contributed by atoms with Crippen molar-refractivity contribution >= 4 is 189 Å². The number of fused-ring (bicyclic) bond motifs is 13. The van der Waals surface area contributed by atoms with E-state index in [1.54, 1.807) is 0 Å². The number of anilines is 21. The Morgan fingerprint density at radius 2 is 0.488 bits per heavy atom. The molecular weight excluding hydrogens is 1520 g/mol. The van der Waals surface area contributed by atoms with Crippen LogP contribution in [0.2, 0.25) is 0 Å². The molecule has 0 aliphatic carbocycles. The molecule has 0 spiro atoms. The molecule has 0 saturated carbocycles. The van der Waals surface area contributed by atoms with Gasteiger partial charge in [0.15, 0.2) is 0 Å². The van der Waals surface area contributed by atoms with E-state index in [1.165, 1.54) is 32.8 Å². The molecule has 125 heavy (non-hydrogen) atoms. The van der Waals surface area contributed by atoms with Gasteiger partial charge in [0.05, 0.1) is 28.4 Å². The summed E-state index contributed by atoms with van der Waals surface area (Å²) in [6, 6.07) is 171. The first-order valence-electron chi connectivity index (χ1n) is 43.2. The van der Waals surface area contributed by atoms with Crippen molar-refractivity contribution in [2.24, 2.45) is 0 Å². The van der Waals surface area contributed by atoms with Crippen LogP contribution in [0.3, 0.4) is 0 Å². The summed E-state index contributed by atoms with van der Waals surface area (Å²) in [6.45, 7) is -0.998. The standard InChI is InChI=1S/C114H76B3N7O/c1-10-40-77(41-11-1)88-58-28-34-64-96(88)119(82-50-20-6-21-51-82)87-72-103-110-105(73-87)123(97-65-35-29-59-89(97)78-42-12-2-13-43-78)100-68-38-31-61-91(100)115(110)94-74-95-102(75-101(94)121(103)84-54-24-8-25-55-84)122(85-56-26-9-27-57-85)107-76-108-113(114-112(107)116(95)93-63-33-39-69-109(93)125-114)117-92-62-32-37-67-99(92)120(83-52-22-7-23-53-83)104-70-86(118(80-46-16-4-17-47-80)81-48-18-5-19-49-81)71-106(111(104)117)124(108)98-66-36-30-60-90(98)79-44-14-3-15-45-79/h1-76H. The van der Waals surface area contributed by atoms with Crippen LogP contribution in [0.15, 0.2) is 461 Å². The highest BCUT2D eigenvalue weighted by atomic mass is 16.5. The van der Waals surface area contributed by atoms with Crippen molar-refractivity contribution in [3.8, 4) is 44.9 Å². The fraction of sp³-hybridized carbons (Fsp3) is 0. The van der Waals surface area contributed by atoms with Crippen molar-refractivity contribution in [2.45, 2.75) is 0 Å². The molecule has 0 aromatic heterocycles. The minimum atomic E-state index is -0.360. The van der Waals surface area contributed by atoms with Crippen LogP contribution in [-0.2, 0) is 0 Å². The molecule has 0 saturated heterocycles. The summed E-state index contributed by atoms with van der Waals surface area (Å²) in [5, 5.41) is 0. The number of ether oxygens (including phenoxy) is 1. The van der Waals surface area contributed by atoms with Crippen LogP contribution in [-0.4, -0.2) is 20.1 Å². The van der Waals surface area contributed by atoms with Crippen LogP contribution in [0, 0.1) is 0 Å². The van der Waals surface area contributed by atoms with E-state index in [0.29, 0.717) is 0 Å². The first kappa shape index (κ1) is 71.7. The lowest BCUT2D eigenvalue weighted by molar-refractivity contribution is 0.491. The maximum absolute atomic E-state index is 8.21. The molecule has 6 aliphatic heterocycles. The quantitative estimate of drug-likeness (QED) is 0.0996. The molecule has 582 valence electrons. The highest BCUT2D eigenvalue weighted by Gasteiger charge is 2.53. The molecule has 6 aliphatic rings. The number of hydrogen-bond acceptors (Lipinski definition) is 8. The molecule has 0 radical (unpaired) electrons. The molecule has 0 N–H and O–H groups in total. The third kappa shape index (κ3) is 11.4. The Morgan fingerprint density at radius 3 is 0.984 bits per heavy atom. The van der Waals surface area contributed by atoms with E-state index in [4.69, 9.17) is 4.74 Å². The molecule has 19 aromatic carbocycles. The predicted octanol–water partition coefficient (Wildman–Crippen LogP) is 24.2. The van der Waals surface area contributed by atoms with E-state index in [0.717, 1.165) is 181 Å². The van der Waals surface area contributed by atoms with Gasteiger partial charge in [-0.3, -0.25) is 0 Å². The third-order valence-corrected chi connectivity index (χ3v) is 26.1. The molecule has 0 atom stereocenters. The van der Waals surface area contributed by atoms with Crippen LogP contribution in [0.1, 0.15) is 0 Å². The molecule has 25 rings (SSSR count). The van der Waals surface area contributed by atoms with Gasteiger partial charge in [0, 0.05) is 108 Å². The van der Waals surface area contributed by atoms with E-state index in [-0.39, 0.29) is 20.1 Å². The van der Waals surface area contributed by atoms with E-state index in [9.17, 15) is 0 Å². The van der Waals surface area contributed by atoms with Gasteiger partial charge in [0.2, 0.25) is 0 Å². The summed E-state index contributed by atoms with van der Waals surface area (Å²) in [7, 11) is 0. The van der Waals surface area contributed by atoms with Crippen LogP contribution in [0.5, 0.6) is 11.5 Å². The monoisotopic (exact) mass is 1590 g/mol. The fourth-order valence-corrected chi connectivity index (χ4v) is 21.1. The maximum atomic E-state index is 8.21. The van der Waals surface area contributed by atoms with E-state index < -0.39 is 0 Å². The Hall–Kier alpha value is -16.2. The third-order valence-electron chi connectivity index (χ3n) is 26.1. The van der Waals surface area contributed by atoms with Crippen LogP contribution >= 0.6 is 0 Å². The van der Waals surface area contributed by atoms with E-state index >= 15 is 0 Å². The van der Waals surface area contributed by atoms with Gasteiger partial charge in [0.1, 0.15) is 11.5 Å². The van der Waals surface area contributed by atoms with Crippen molar-refractivity contribution < 1.29 is 4.74 Å². The van der Waals surface area contributed by atoms with Gasteiger partial charge in [-0.15, -0.1) is 0 Å². The van der Waals surface area contributed by atoms with E-state index in [2.05, 4.69) is 495 Å². The molecular formula is C114H76B3N7O. The zero-order valence-electron chi connectivity index (χ0n) is 68.1. The lowest BCUT2D eigenvalue weighted by Crippen LogP contribution is -2.67. The van der Waals surface area contributed by atoms with Crippen LogP contribution < -0.4 is 88.2 Å². The van der Waals surface area contributed by atoms with Crippen LogP contribution in [0.4, 0.5) is 119 Å². The van der Waals surface area contributed by atoms with Crippen molar-refractivity contribution in [1.82, 2.24) is 0 Å². The number of benzene rings is 19. The Bertz CT molecular complexity index is 7410. The van der Waals surface area contributed by atoms with Gasteiger partial charge in [-0.05, 0) is 211 Å². The van der Waals surface area contributed by atoms with Gasteiger partial charge in [0.25, 0.3) is 20.1 Å². The molecule has 0 amide bonds. The summed E-state index contributed by atoms with van der Waals surface area (Å²) in [4.78, 5) is 17.8. The van der Waals surface area contributed by atoms with Gasteiger partial charge < -0.3 is 39.0 Å². The van der Waals surface area contributed by atoms with Crippen molar-refractivity contribution in [1.29, 1.82) is 0 Å². The fourth-order valence-electron chi connectivity index (χ4n) is 21.1. The SMILES string of the molecule is c1ccc(-c2ccccc2N(c2ccccc2)c2cc3c4c(c2)N(c2ccccc2-c2ccccc2)c2ccccc2B4c2cc4c(cc2N3c2ccccc2)N(c2ccccc2)c2cc3c(c5c2B4c2ccccc2O5)B2c4ccccc4N(c4ccccc4)c4cc(N(c5ccccc5)c5ccccc5)cc(c42)N3c2ccccc2-c2ccccc2)cc1. The Balaban J connectivity index is 0.800. The highest BCUT2D eigenvalue weighted by molar-refractivity contribution is 7.05. The van der Waals surface area contributed by atoms with Crippen molar-refractivity contribution in [3.05, 3.63) is 461 Å². The maximum Gasteiger partial charge on any atom is 0.256 e. The summed E-state index contributed by atoms with van der Waals surface area (Å²) in [5.74, 6) is 1.68. The Kier molecular flexibility index (Phi) is 16.8. The molecule has 0 fully saturated rings. The minimum Gasteiger partial charge on any atom is -0.459 e. The Morgan fingerprint density at radius 1 is 0.184 bits per heavy atom. The summed E-state index contributed by atoms with van der Waals surface area (Å²) in [5.41, 5.74) is 39.3. The second-order valence-electron chi connectivity index (χ2n) is 32.9. The first-order valence-corrected chi connectivity index (χ1v) is 43.2. The average molecular weight is 1590 g/mol. The van der Waals surface area contributed by atoms with Gasteiger partial charge in [-0.2, -0.15) is 0 Å². The van der Waals surface area contributed by atoms with Gasteiger partial charge in [-0.25, -0.2) is 0 Å².